The number of nitrogens with zero attached hydrogens (tertiary/aromatic N) is 1. The van der Waals surface area contributed by atoms with Crippen LogP contribution in [0.2, 0.25) is 0 Å². The molecule has 6 nitrogen and oxygen atoms in total. The highest BCUT2D eigenvalue weighted by Gasteiger charge is 2.31. The van der Waals surface area contributed by atoms with Crippen molar-refractivity contribution >= 4 is 17.7 Å². The van der Waals surface area contributed by atoms with Gasteiger partial charge >= 0.3 is 6.18 Å². The fraction of sp³-hybridized carbons (Fsp3) is 0.200. The van der Waals surface area contributed by atoms with Crippen LogP contribution in [0.1, 0.15) is 27.9 Å². The maximum absolute atomic E-state index is 14.5. The van der Waals surface area contributed by atoms with E-state index in [1.165, 1.54) is 12.1 Å². The van der Waals surface area contributed by atoms with Crippen molar-refractivity contribution in [2.24, 2.45) is 5.73 Å². The molecule has 0 spiro atoms. The molecule has 1 amide bonds. The molecule has 0 saturated heterocycles. The van der Waals surface area contributed by atoms with E-state index in [9.17, 15) is 31.9 Å². The number of aliphatic hydroxyl groups is 1. The summed E-state index contributed by atoms with van der Waals surface area (Å²) in [5.41, 5.74) is 3.60. The molecule has 0 saturated carbocycles. The number of nitrogens with two attached hydrogens (primary N) is 1. The van der Waals surface area contributed by atoms with Gasteiger partial charge in [0.05, 0.1) is 12.2 Å². The number of amides is 1. The summed E-state index contributed by atoms with van der Waals surface area (Å²) in [6, 6.07) is 5.84. The summed E-state index contributed by atoms with van der Waals surface area (Å²) in [7, 11) is 0. The third-order valence-corrected chi connectivity index (χ3v) is 4.94. The zero-order valence-electron chi connectivity index (χ0n) is 16.2. The molecule has 170 valence electrons. The number of thioether (sulfide) groups is 1. The average Bonchev–Trinajstić information content (AvgIpc) is 3.17. The van der Waals surface area contributed by atoms with Gasteiger partial charge in [0.15, 0.2) is 22.8 Å². The van der Waals surface area contributed by atoms with Gasteiger partial charge in [-0.15, -0.1) is 0 Å². The third kappa shape index (κ3) is 4.70. The molecule has 3 aromatic rings. The maximum atomic E-state index is 14.5. The van der Waals surface area contributed by atoms with Gasteiger partial charge in [-0.3, -0.25) is 4.79 Å². The number of oxazole rings is 1. The van der Waals surface area contributed by atoms with Crippen molar-refractivity contribution in [2.75, 3.05) is 12.9 Å². The van der Waals surface area contributed by atoms with E-state index >= 15 is 0 Å². The largest absolute Gasteiger partial charge is 0.475 e. The first-order valence-corrected chi connectivity index (χ1v) is 10.1. The number of hydrogen-bond acceptors (Lipinski definition) is 6. The van der Waals surface area contributed by atoms with E-state index < -0.39 is 53.3 Å². The molecule has 3 rings (SSSR count). The number of carbonyl (C=O) groups excluding carboxylic acids is 1. The van der Waals surface area contributed by atoms with Crippen LogP contribution in [0.4, 0.5) is 22.0 Å². The molecule has 0 aliphatic heterocycles. The summed E-state index contributed by atoms with van der Waals surface area (Å²) in [4.78, 5) is 15.5. The van der Waals surface area contributed by atoms with Gasteiger partial charge in [-0.2, -0.15) is 13.2 Å². The second kappa shape index (κ2) is 9.17. The predicted molar refractivity (Wildman–Crippen MR) is 104 cm³/mol. The first-order chi connectivity index (χ1) is 15.1. The second-order valence-electron chi connectivity index (χ2n) is 6.36. The zero-order chi connectivity index (χ0) is 23.6. The number of aromatic nitrogens is 1. The number of benzene rings is 2. The molecule has 1 heterocycles. The fourth-order valence-corrected chi connectivity index (χ4v) is 3.29. The summed E-state index contributed by atoms with van der Waals surface area (Å²) >= 11 is 1.09. The molecule has 0 radical (unpaired) electrons. The molecular weight excluding hydrogens is 459 g/mol. The smallest absolute Gasteiger partial charge is 0.416 e. The van der Waals surface area contributed by atoms with E-state index in [1.54, 1.807) is 6.26 Å². The van der Waals surface area contributed by atoms with E-state index in [4.69, 9.17) is 14.9 Å². The summed E-state index contributed by atoms with van der Waals surface area (Å²) < 4.78 is 77.4. The van der Waals surface area contributed by atoms with Crippen molar-refractivity contribution in [3.05, 3.63) is 65.1 Å². The van der Waals surface area contributed by atoms with Gasteiger partial charge in [0.25, 0.3) is 5.91 Å². The number of carbonyl (C=O) groups is 1. The zero-order valence-corrected chi connectivity index (χ0v) is 17.1. The molecule has 0 bridgehead atoms. The Hall–Kier alpha value is -3.12. The quantitative estimate of drug-likeness (QED) is 0.385. The van der Waals surface area contributed by atoms with E-state index in [1.807, 2.05) is 0 Å². The number of ether oxygens (including phenoxy) is 1. The molecule has 32 heavy (non-hydrogen) atoms. The minimum absolute atomic E-state index is 0.181. The Kier molecular flexibility index (Phi) is 6.74. The van der Waals surface area contributed by atoms with E-state index in [2.05, 4.69) is 4.98 Å². The Labute approximate surface area is 182 Å². The maximum Gasteiger partial charge on any atom is 0.416 e. The first-order valence-electron chi connectivity index (χ1n) is 8.84. The van der Waals surface area contributed by atoms with Gasteiger partial charge < -0.3 is 20.0 Å². The summed E-state index contributed by atoms with van der Waals surface area (Å²) in [6.45, 7) is -0.747. The lowest BCUT2D eigenvalue weighted by atomic mass is 10.1. The lowest BCUT2D eigenvalue weighted by molar-refractivity contribution is -0.137. The van der Waals surface area contributed by atoms with Crippen LogP contribution < -0.4 is 10.5 Å². The minimum Gasteiger partial charge on any atom is -0.475 e. The van der Waals surface area contributed by atoms with Crippen LogP contribution in [0.5, 0.6) is 5.75 Å². The standard InChI is InChI=1S/C20H15F5N2O4S/c1-32-19-16(9-2-4-10(5-3-9)20(23,24)25)27-18(31-19)13(8-28)30-12-7-6-11(21)14(15(12)22)17(26)29/h2-7,13,28H,8H2,1H3,(H2,26,29). The monoisotopic (exact) mass is 474 g/mol. The molecule has 3 N–H and O–H groups in total. The third-order valence-electron chi connectivity index (χ3n) is 4.30. The van der Waals surface area contributed by atoms with Crippen LogP contribution in [-0.4, -0.2) is 28.9 Å². The van der Waals surface area contributed by atoms with Crippen LogP contribution in [0, 0.1) is 11.6 Å². The molecule has 1 aromatic heterocycles. The van der Waals surface area contributed by atoms with Crippen molar-refractivity contribution < 1.29 is 41.0 Å². The fourth-order valence-electron chi connectivity index (χ4n) is 2.77. The van der Waals surface area contributed by atoms with Crippen molar-refractivity contribution in [2.45, 2.75) is 17.4 Å². The molecule has 1 atom stereocenters. The molecule has 0 aliphatic rings. The SMILES string of the molecule is CSc1oc(C(CO)Oc2ccc(F)c(C(N)=O)c2F)nc1-c1ccc(C(F)(F)F)cc1. The highest BCUT2D eigenvalue weighted by molar-refractivity contribution is 7.98. The molecular formula is C20H15F5N2O4S. The van der Waals surface area contributed by atoms with Crippen molar-refractivity contribution in [3.63, 3.8) is 0 Å². The van der Waals surface area contributed by atoms with Crippen LogP contribution in [-0.2, 0) is 6.18 Å². The van der Waals surface area contributed by atoms with E-state index in [0.29, 0.717) is 5.56 Å². The normalized spacial score (nSPS) is 12.6. The van der Waals surface area contributed by atoms with Gasteiger partial charge in [0, 0.05) is 5.56 Å². The van der Waals surface area contributed by atoms with E-state index in [-0.39, 0.29) is 16.7 Å². The predicted octanol–water partition coefficient (Wildman–Crippen LogP) is 4.57. The van der Waals surface area contributed by atoms with E-state index in [0.717, 1.165) is 36.0 Å². The molecule has 1 unspecified atom stereocenters. The molecule has 2 aromatic carbocycles. The van der Waals surface area contributed by atoms with Gasteiger partial charge in [-0.05, 0) is 30.5 Å². The highest BCUT2D eigenvalue weighted by Crippen LogP contribution is 2.36. The van der Waals surface area contributed by atoms with Gasteiger partial charge in [-0.25, -0.2) is 13.8 Å². The molecule has 12 heteroatoms. The van der Waals surface area contributed by atoms with Crippen molar-refractivity contribution in [1.29, 1.82) is 0 Å². The Morgan fingerprint density at radius 2 is 1.88 bits per heavy atom. The number of primary amides is 1. The Morgan fingerprint density at radius 3 is 2.41 bits per heavy atom. The Balaban J connectivity index is 1.95. The van der Waals surface area contributed by atoms with Gasteiger partial charge in [-0.1, -0.05) is 23.9 Å². The Morgan fingerprint density at radius 1 is 1.22 bits per heavy atom. The average molecular weight is 474 g/mol. The van der Waals surface area contributed by atoms with Crippen molar-refractivity contribution in [3.8, 4) is 17.0 Å². The van der Waals surface area contributed by atoms with Crippen LogP contribution in [0.15, 0.2) is 45.9 Å². The number of halogens is 5. The minimum atomic E-state index is -4.51. The number of alkyl halides is 3. The van der Waals surface area contributed by atoms with Crippen LogP contribution in [0.3, 0.4) is 0 Å². The second-order valence-corrected chi connectivity index (χ2v) is 7.13. The lowest BCUT2D eigenvalue weighted by Crippen LogP contribution is -2.18. The topological polar surface area (TPSA) is 98.6 Å². The number of aliphatic hydroxyl groups excluding tert-OH is 1. The van der Waals surface area contributed by atoms with Crippen molar-refractivity contribution in [1.82, 2.24) is 4.98 Å². The summed E-state index contributed by atoms with van der Waals surface area (Å²) in [5, 5.41) is 9.90. The van der Waals surface area contributed by atoms with Crippen LogP contribution in [0.25, 0.3) is 11.3 Å². The van der Waals surface area contributed by atoms with Gasteiger partial charge in [0.1, 0.15) is 17.1 Å². The highest BCUT2D eigenvalue weighted by atomic mass is 32.2. The molecule has 0 fully saturated rings. The molecule has 0 aliphatic carbocycles. The summed E-state index contributed by atoms with van der Waals surface area (Å²) in [5.74, 6) is -4.70. The number of hydrogen-bond donors (Lipinski definition) is 2. The summed E-state index contributed by atoms with van der Waals surface area (Å²) in [6.07, 6.45) is -4.25. The Bertz CT molecular complexity index is 1130. The number of rotatable bonds is 7. The van der Waals surface area contributed by atoms with Crippen LogP contribution >= 0.6 is 11.8 Å². The first kappa shape index (κ1) is 23.5. The lowest BCUT2D eigenvalue weighted by Gasteiger charge is -2.15. The van der Waals surface area contributed by atoms with Gasteiger partial charge in [0.2, 0.25) is 5.89 Å².